The Morgan fingerprint density at radius 1 is 1.00 bits per heavy atom. The van der Waals surface area contributed by atoms with Gasteiger partial charge in [0.2, 0.25) is 0 Å². The SMILES string of the molecule is Cc1cccc(N(C2CCCCC2)C(c2ccccc2)S(=O)(=O)O)c1. The zero-order valence-electron chi connectivity index (χ0n) is 14.5. The van der Waals surface area contributed by atoms with Crippen LogP contribution in [-0.4, -0.2) is 19.0 Å². The van der Waals surface area contributed by atoms with Gasteiger partial charge in [0.05, 0.1) is 0 Å². The van der Waals surface area contributed by atoms with E-state index in [1.54, 1.807) is 12.1 Å². The van der Waals surface area contributed by atoms with E-state index in [4.69, 9.17) is 0 Å². The predicted octanol–water partition coefficient (Wildman–Crippen LogP) is 4.72. The molecule has 0 heterocycles. The second-order valence-corrected chi connectivity index (χ2v) is 8.29. The van der Waals surface area contributed by atoms with Gasteiger partial charge in [-0.1, -0.05) is 61.7 Å². The number of hydrogen-bond acceptors (Lipinski definition) is 3. The predicted molar refractivity (Wildman–Crippen MR) is 101 cm³/mol. The molecule has 25 heavy (non-hydrogen) atoms. The van der Waals surface area contributed by atoms with Crippen molar-refractivity contribution in [2.75, 3.05) is 4.90 Å². The first kappa shape index (κ1) is 18.0. The minimum Gasteiger partial charge on any atom is -0.346 e. The van der Waals surface area contributed by atoms with E-state index in [0.717, 1.165) is 36.9 Å². The number of aryl methyl sites for hydroxylation is 1. The molecule has 1 aliphatic carbocycles. The summed E-state index contributed by atoms with van der Waals surface area (Å²) >= 11 is 0. The summed E-state index contributed by atoms with van der Waals surface area (Å²) in [6.45, 7) is 1.99. The van der Waals surface area contributed by atoms with Crippen molar-refractivity contribution in [3.63, 3.8) is 0 Å². The van der Waals surface area contributed by atoms with Crippen molar-refractivity contribution in [3.8, 4) is 0 Å². The van der Waals surface area contributed by atoms with Crippen LogP contribution in [0.15, 0.2) is 54.6 Å². The molecule has 0 aromatic heterocycles. The van der Waals surface area contributed by atoms with Crippen LogP contribution in [-0.2, 0) is 10.1 Å². The van der Waals surface area contributed by atoms with Gasteiger partial charge in [0, 0.05) is 11.7 Å². The van der Waals surface area contributed by atoms with Crippen molar-refractivity contribution >= 4 is 15.8 Å². The van der Waals surface area contributed by atoms with Crippen molar-refractivity contribution in [2.45, 2.75) is 50.4 Å². The molecule has 1 aliphatic rings. The van der Waals surface area contributed by atoms with Crippen LogP contribution in [0.3, 0.4) is 0 Å². The van der Waals surface area contributed by atoms with E-state index in [1.807, 2.05) is 54.3 Å². The largest absolute Gasteiger partial charge is 0.346 e. The fourth-order valence-corrected chi connectivity index (χ4v) is 4.86. The summed E-state index contributed by atoms with van der Waals surface area (Å²) in [6.07, 6.45) is 5.22. The molecule has 1 unspecified atom stereocenters. The third kappa shape index (κ3) is 4.22. The van der Waals surface area contributed by atoms with Crippen molar-refractivity contribution < 1.29 is 13.0 Å². The summed E-state index contributed by atoms with van der Waals surface area (Å²) in [5, 5.41) is -1.08. The Kier molecular flexibility index (Phi) is 5.45. The van der Waals surface area contributed by atoms with Gasteiger partial charge in [-0.15, -0.1) is 0 Å². The van der Waals surface area contributed by atoms with Gasteiger partial charge in [-0.05, 0) is 43.0 Å². The molecular formula is C20H25NO3S. The van der Waals surface area contributed by atoms with E-state index in [1.165, 1.54) is 6.42 Å². The van der Waals surface area contributed by atoms with Gasteiger partial charge in [-0.25, -0.2) is 0 Å². The smallest absolute Gasteiger partial charge is 0.290 e. The average Bonchev–Trinajstić information content (AvgIpc) is 2.60. The Hall–Kier alpha value is -1.85. The molecule has 5 heteroatoms. The van der Waals surface area contributed by atoms with Gasteiger partial charge >= 0.3 is 0 Å². The summed E-state index contributed by atoms with van der Waals surface area (Å²) in [6, 6.07) is 17.0. The highest BCUT2D eigenvalue weighted by Crippen LogP contribution is 2.37. The molecule has 134 valence electrons. The lowest BCUT2D eigenvalue weighted by molar-refractivity contribution is 0.394. The van der Waals surface area contributed by atoms with Crippen LogP contribution in [0.4, 0.5) is 5.69 Å². The second-order valence-electron chi connectivity index (χ2n) is 6.82. The van der Waals surface area contributed by atoms with E-state index in [9.17, 15) is 13.0 Å². The molecule has 1 atom stereocenters. The molecule has 3 rings (SSSR count). The normalized spacial score (nSPS) is 17.2. The summed E-state index contributed by atoms with van der Waals surface area (Å²) in [5.41, 5.74) is 2.51. The van der Waals surface area contributed by atoms with E-state index < -0.39 is 15.5 Å². The van der Waals surface area contributed by atoms with Crippen LogP contribution in [0, 0.1) is 6.92 Å². The summed E-state index contributed by atoms with van der Waals surface area (Å²) < 4.78 is 34.9. The molecule has 4 nitrogen and oxygen atoms in total. The fraction of sp³-hybridized carbons (Fsp3) is 0.400. The maximum Gasteiger partial charge on any atom is 0.290 e. The van der Waals surface area contributed by atoms with Crippen LogP contribution in [0.5, 0.6) is 0 Å². The molecule has 0 aliphatic heterocycles. The average molecular weight is 359 g/mol. The standard InChI is InChI=1S/C20H25NO3S/c1-16-9-8-14-19(15-16)21(18-12-6-3-7-13-18)20(25(22,23)24)17-10-4-2-5-11-17/h2,4-5,8-11,14-15,18,20H,3,6-7,12-13H2,1H3,(H,22,23,24). The Morgan fingerprint density at radius 2 is 1.68 bits per heavy atom. The third-order valence-electron chi connectivity index (χ3n) is 4.89. The number of anilines is 1. The first-order valence-electron chi connectivity index (χ1n) is 8.83. The van der Waals surface area contributed by atoms with Gasteiger partial charge < -0.3 is 4.90 Å². The van der Waals surface area contributed by atoms with E-state index >= 15 is 0 Å². The van der Waals surface area contributed by atoms with Gasteiger partial charge in [0.15, 0.2) is 5.37 Å². The lowest BCUT2D eigenvalue weighted by Crippen LogP contribution is -2.43. The lowest BCUT2D eigenvalue weighted by Gasteiger charge is -2.40. The van der Waals surface area contributed by atoms with Gasteiger partial charge in [0.1, 0.15) is 0 Å². The molecule has 1 saturated carbocycles. The number of hydrogen-bond donors (Lipinski definition) is 1. The first-order chi connectivity index (χ1) is 12.0. The Morgan fingerprint density at radius 3 is 2.28 bits per heavy atom. The van der Waals surface area contributed by atoms with Crippen molar-refractivity contribution in [1.82, 2.24) is 0 Å². The van der Waals surface area contributed by atoms with Gasteiger partial charge in [0.25, 0.3) is 10.1 Å². The van der Waals surface area contributed by atoms with Crippen molar-refractivity contribution in [1.29, 1.82) is 0 Å². The van der Waals surface area contributed by atoms with Gasteiger partial charge in [-0.2, -0.15) is 8.42 Å². The van der Waals surface area contributed by atoms with E-state index in [-0.39, 0.29) is 6.04 Å². The maximum atomic E-state index is 12.4. The third-order valence-corrected chi connectivity index (χ3v) is 5.95. The molecular weight excluding hydrogens is 334 g/mol. The Bertz CT molecular complexity index is 799. The maximum absolute atomic E-state index is 12.4. The van der Waals surface area contributed by atoms with Crippen LogP contribution >= 0.6 is 0 Å². The van der Waals surface area contributed by atoms with E-state index in [0.29, 0.717) is 5.56 Å². The van der Waals surface area contributed by atoms with Crippen molar-refractivity contribution in [2.24, 2.45) is 0 Å². The minimum atomic E-state index is -4.30. The Labute approximate surface area is 150 Å². The highest BCUT2D eigenvalue weighted by Gasteiger charge is 2.36. The summed E-state index contributed by atoms with van der Waals surface area (Å²) in [7, 11) is -4.30. The number of rotatable bonds is 5. The molecule has 0 radical (unpaired) electrons. The molecule has 0 bridgehead atoms. The van der Waals surface area contributed by atoms with Crippen LogP contribution in [0.2, 0.25) is 0 Å². The lowest BCUT2D eigenvalue weighted by atomic mass is 9.93. The van der Waals surface area contributed by atoms with Crippen molar-refractivity contribution in [3.05, 3.63) is 65.7 Å². The quantitative estimate of drug-likeness (QED) is 0.785. The molecule has 0 amide bonds. The zero-order valence-corrected chi connectivity index (χ0v) is 15.3. The fourth-order valence-electron chi connectivity index (χ4n) is 3.78. The summed E-state index contributed by atoms with van der Waals surface area (Å²) in [4.78, 5) is 1.91. The molecule has 2 aromatic rings. The number of benzene rings is 2. The number of nitrogens with zero attached hydrogens (tertiary/aromatic N) is 1. The minimum absolute atomic E-state index is 0.0997. The molecule has 0 spiro atoms. The molecule has 1 N–H and O–H groups in total. The summed E-state index contributed by atoms with van der Waals surface area (Å²) in [5.74, 6) is 0. The van der Waals surface area contributed by atoms with Gasteiger partial charge in [-0.3, -0.25) is 4.55 Å². The topological polar surface area (TPSA) is 57.6 Å². The molecule has 1 fully saturated rings. The highest BCUT2D eigenvalue weighted by atomic mass is 32.2. The Balaban J connectivity index is 2.13. The van der Waals surface area contributed by atoms with Crippen LogP contribution < -0.4 is 4.90 Å². The van der Waals surface area contributed by atoms with E-state index in [2.05, 4.69) is 0 Å². The van der Waals surface area contributed by atoms with Crippen LogP contribution in [0.25, 0.3) is 0 Å². The molecule has 2 aromatic carbocycles. The monoisotopic (exact) mass is 359 g/mol. The second kappa shape index (κ2) is 7.58. The zero-order chi connectivity index (χ0) is 17.9. The van der Waals surface area contributed by atoms with Crippen LogP contribution in [0.1, 0.15) is 48.6 Å². The first-order valence-corrected chi connectivity index (χ1v) is 10.3. The highest BCUT2D eigenvalue weighted by molar-refractivity contribution is 7.86. The molecule has 0 saturated heterocycles.